The highest BCUT2D eigenvalue weighted by molar-refractivity contribution is 8.13. The highest BCUT2D eigenvalue weighted by Crippen LogP contribution is 2.37. The first-order valence-corrected chi connectivity index (χ1v) is 9.63. The van der Waals surface area contributed by atoms with E-state index >= 15 is 0 Å². The highest BCUT2D eigenvalue weighted by atomic mass is 32.2. The van der Waals surface area contributed by atoms with Crippen LogP contribution in [0.5, 0.6) is 0 Å². The normalized spacial score (nSPS) is 23.5. The highest BCUT2D eigenvalue weighted by Gasteiger charge is 2.53. The second-order valence-electron chi connectivity index (χ2n) is 6.43. The van der Waals surface area contributed by atoms with Gasteiger partial charge in [0.25, 0.3) is 5.72 Å². The van der Waals surface area contributed by atoms with Crippen LogP contribution in [0.4, 0.5) is 5.69 Å². The van der Waals surface area contributed by atoms with Gasteiger partial charge in [-0.3, -0.25) is 0 Å². The summed E-state index contributed by atoms with van der Waals surface area (Å²) >= 11 is 1.85. The molecule has 4 rings (SSSR count). The van der Waals surface area contributed by atoms with E-state index in [1.807, 2.05) is 42.1 Å². The molecule has 2 aliphatic heterocycles. The van der Waals surface area contributed by atoms with Crippen LogP contribution in [0.25, 0.3) is 0 Å². The van der Waals surface area contributed by atoms with E-state index in [-0.39, 0.29) is 0 Å². The SMILES string of the molecule is CCc1ccc(N2C[C@](O)(c3ccccc3)[N+]3=C2SCCC3)cc1. The number of rotatable bonds is 3. The van der Waals surface area contributed by atoms with Crippen molar-refractivity contribution in [3.8, 4) is 0 Å². The minimum absolute atomic E-state index is 0.574. The van der Waals surface area contributed by atoms with Crippen molar-refractivity contribution >= 4 is 22.6 Å². The Morgan fingerprint density at radius 3 is 2.58 bits per heavy atom. The van der Waals surface area contributed by atoms with Crippen molar-refractivity contribution < 1.29 is 9.68 Å². The van der Waals surface area contributed by atoms with Gasteiger partial charge in [0.15, 0.2) is 6.54 Å². The molecule has 1 atom stereocenters. The molecule has 2 aliphatic rings. The number of hydrogen-bond acceptors (Lipinski definition) is 3. The van der Waals surface area contributed by atoms with Gasteiger partial charge in [0.05, 0.1) is 6.54 Å². The third-order valence-electron chi connectivity index (χ3n) is 4.94. The fourth-order valence-electron chi connectivity index (χ4n) is 3.57. The number of aryl methyl sites for hydroxylation is 1. The molecule has 0 fully saturated rings. The zero-order chi connectivity index (χ0) is 16.6. The molecule has 0 radical (unpaired) electrons. The smallest absolute Gasteiger partial charge is 0.316 e. The van der Waals surface area contributed by atoms with E-state index < -0.39 is 5.72 Å². The number of anilines is 1. The fraction of sp³-hybridized carbons (Fsp3) is 0.350. The number of hydrogen-bond donors (Lipinski definition) is 1. The van der Waals surface area contributed by atoms with Crippen molar-refractivity contribution in [2.75, 3.05) is 23.7 Å². The predicted octanol–water partition coefficient (Wildman–Crippen LogP) is 3.42. The zero-order valence-electron chi connectivity index (χ0n) is 14.0. The maximum atomic E-state index is 11.5. The molecule has 24 heavy (non-hydrogen) atoms. The van der Waals surface area contributed by atoms with Gasteiger partial charge in [0.2, 0.25) is 0 Å². The molecule has 3 nitrogen and oxygen atoms in total. The van der Waals surface area contributed by atoms with Gasteiger partial charge in [-0.25, -0.2) is 9.48 Å². The first-order chi connectivity index (χ1) is 11.7. The first-order valence-electron chi connectivity index (χ1n) is 8.64. The van der Waals surface area contributed by atoms with Crippen LogP contribution in [-0.2, 0) is 12.1 Å². The quantitative estimate of drug-likeness (QED) is 0.868. The second kappa shape index (κ2) is 6.26. The van der Waals surface area contributed by atoms with E-state index in [1.165, 1.54) is 10.7 Å². The fourth-order valence-corrected chi connectivity index (χ4v) is 4.75. The van der Waals surface area contributed by atoms with Crippen LogP contribution in [0, 0.1) is 0 Å². The lowest BCUT2D eigenvalue weighted by Crippen LogP contribution is -2.41. The van der Waals surface area contributed by atoms with Crippen molar-refractivity contribution in [3.63, 3.8) is 0 Å². The molecule has 4 heteroatoms. The second-order valence-corrected chi connectivity index (χ2v) is 7.49. The largest absolute Gasteiger partial charge is 0.346 e. The zero-order valence-corrected chi connectivity index (χ0v) is 14.8. The van der Waals surface area contributed by atoms with Crippen LogP contribution in [0.15, 0.2) is 54.6 Å². The third kappa shape index (κ3) is 2.54. The van der Waals surface area contributed by atoms with Gasteiger partial charge in [-0.05, 0) is 42.3 Å². The molecule has 0 aliphatic carbocycles. The van der Waals surface area contributed by atoms with E-state index in [2.05, 4.69) is 40.7 Å². The summed E-state index contributed by atoms with van der Waals surface area (Å²) in [5.41, 5.74) is 2.52. The van der Waals surface area contributed by atoms with Crippen LogP contribution in [0.1, 0.15) is 24.5 Å². The molecule has 0 amide bonds. The number of nitrogens with zero attached hydrogens (tertiary/aromatic N) is 2. The van der Waals surface area contributed by atoms with Gasteiger partial charge < -0.3 is 5.11 Å². The Morgan fingerprint density at radius 2 is 1.88 bits per heavy atom. The van der Waals surface area contributed by atoms with E-state index in [0.29, 0.717) is 6.54 Å². The van der Waals surface area contributed by atoms with Gasteiger partial charge >= 0.3 is 5.17 Å². The van der Waals surface area contributed by atoms with Crippen molar-refractivity contribution in [1.82, 2.24) is 0 Å². The molecule has 0 bridgehead atoms. The van der Waals surface area contributed by atoms with Gasteiger partial charge in [-0.15, -0.1) is 0 Å². The molecule has 2 aromatic rings. The van der Waals surface area contributed by atoms with Crippen molar-refractivity contribution in [2.24, 2.45) is 0 Å². The van der Waals surface area contributed by atoms with E-state index in [4.69, 9.17) is 0 Å². The topological polar surface area (TPSA) is 26.5 Å². The molecule has 2 aromatic carbocycles. The molecule has 0 unspecified atom stereocenters. The average molecular weight is 339 g/mol. The number of thioether (sulfide) groups is 1. The van der Waals surface area contributed by atoms with Crippen LogP contribution in [0.2, 0.25) is 0 Å². The molecule has 0 spiro atoms. The van der Waals surface area contributed by atoms with E-state index in [0.717, 1.165) is 36.4 Å². The number of β-amino-alcohol motifs (C(OH)–C–C–N with tert-alkyl or cyclic N) is 1. The Kier molecular flexibility index (Phi) is 4.10. The monoisotopic (exact) mass is 339 g/mol. The Hall–Kier alpha value is -1.78. The third-order valence-corrected chi connectivity index (χ3v) is 6.13. The number of amidine groups is 1. The van der Waals surface area contributed by atoms with Gasteiger partial charge in [0.1, 0.15) is 5.69 Å². The number of aliphatic hydroxyl groups is 1. The summed E-state index contributed by atoms with van der Waals surface area (Å²) in [5.74, 6) is 1.11. The summed E-state index contributed by atoms with van der Waals surface area (Å²) in [6.07, 6.45) is 2.15. The van der Waals surface area contributed by atoms with Crippen molar-refractivity contribution in [2.45, 2.75) is 25.5 Å². The summed E-state index contributed by atoms with van der Waals surface area (Å²) in [6, 6.07) is 18.8. The van der Waals surface area contributed by atoms with Gasteiger partial charge in [-0.1, -0.05) is 49.4 Å². The molecule has 0 saturated heterocycles. The molecule has 0 aromatic heterocycles. The summed E-state index contributed by atoms with van der Waals surface area (Å²) in [4.78, 5) is 2.27. The minimum atomic E-state index is -0.951. The maximum Gasteiger partial charge on any atom is 0.316 e. The summed E-state index contributed by atoms with van der Waals surface area (Å²) in [7, 11) is 0. The van der Waals surface area contributed by atoms with E-state index in [9.17, 15) is 5.11 Å². The molecular formula is C20H23N2OS+. The number of benzene rings is 2. The molecule has 0 saturated carbocycles. The van der Waals surface area contributed by atoms with Gasteiger partial charge in [-0.2, -0.15) is 0 Å². The standard InChI is InChI=1S/C20H23N2OS/c1-2-16-9-11-18(12-10-16)21-15-20(23,17-7-4-3-5-8-17)22-13-6-14-24-19(21)22/h3-5,7-12,23H,2,6,13-15H2,1H3/q+1/t20-/m0/s1. The summed E-state index contributed by atoms with van der Waals surface area (Å²) in [6.45, 7) is 3.65. The molecule has 2 heterocycles. The van der Waals surface area contributed by atoms with E-state index in [1.54, 1.807) is 0 Å². The van der Waals surface area contributed by atoms with Crippen LogP contribution < -0.4 is 4.90 Å². The first kappa shape index (κ1) is 15.7. The maximum absolute atomic E-state index is 11.5. The van der Waals surface area contributed by atoms with Crippen molar-refractivity contribution in [1.29, 1.82) is 0 Å². The molecular weight excluding hydrogens is 316 g/mol. The van der Waals surface area contributed by atoms with Crippen LogP contribution >= 0.6 is 11.8 Å². The lowest BCUT2D eigenvalue weighted by Gasteiger charge is -2.24. The Labute approximate surface area is 147 Å². The molecule has 1 N–H and O–H groups in total. The average Bonchev–Trinajstić information content (AvgIpc) is 2.97. The van der Waals surface area contributed by atoms with Crippen molar-refractivity contribution in [3.05, 3.63) is 65.7 Å². The predicted molar refractivity (Wildman–Crippen MR) is 101 cm³/mol. The molecule has 124 valence electrons. The lowest BCUT2D eigenvalue weighted by atomic mass is 10.0. The van der Waals surface area contributed by atoms with Crippen LogP contribution in [0.3, 0.4) is 0 Å². The Morgan fingerprint density at radius 1 is 1.12 bits per heavy atom. The van der Waals surface area contributed by atoms with Gasteiger partial charge in [0, 0.05) is 11.3 Å². The summed E-state index contributed by atoms with van der Waals surface area (Å²) in [5, 5.41) is 12.7. The Balaban J connectivity index is 1.76. The Bertz CT molecular complexity index is 757. The lowest BCUT2D eigenvalue weighted by molar-refractivity contribution is -0.656. The van der Waals surface area contributed by atoms with Crippen LogP contribution in [-0.4, -0.2) is 33.7 Å². The minimum Gasteiger partial charge on any atom is -0.346 e. The summed E-state index contributed by atoms with van der Waals surface area (Å²) < 4.78 is 2.18.